The van der Waals surface area contributed by atoms with Crippen molar-refractivity contribution in [2.75, 3.05) is 5.32 Å². The Balaban J connectivity index is 1.40. The largest absolute Gasteiger partial charge is 0.507 e. The van der Waals surface area contributed by atoms with Crippen LogP contribution in [0.25, 0.3) is 11.3 Å². The molecule has 7 nitrogen and oxygen atoms in total. The molecule has 9 heteroatoms. The number of aromatic nitrogens is 2. The highest BCUT2D eigenvalue weighted by atomic mass is 35.5. The summed E-state index contributed by atoms with van der Waals surface area (Å²) in [7, 11) is 0. The SMILES string of the molecule is O=C(Nc1ccc(O)c(-c2cc(C3CCC3)n(C(=O)NCc3ccc(Cl)c(Cl)c3)n2)c1)C1CC1. The van der Waals surface area contributed by atoms with Gasteiger partial charge in [0.2, 0.25) is 5.91 Å². The van der Waals surface area contributed by atoms with Crippen LogP contribution in [0.15, 0.2) is 42.5 Å². The van der Waals surface area contributed by atoms with E-state index in [0.717, 1.165) is 43.4 Å². The van der Waals surface area contributed by atoms with Gasteiger partial charge in [0.05, 0.1) is 21.4 Å². The summed E-state index contributed by atoms with van der Waals surface area (Å²) in [6, 6.07) is 11.6. The molecule has 0 unspecified atom stereocenters. The third kappa shape index (κ3) is 4.76. The summed E-state index contributed by atoms with van der Waals surface area (Å²) in [6.07, 6.45) is 4.87. The molecular weight excluding hydrogens is 475 g/mol. The summed E-state index contributed by atoms with van der Waals surface area (Å²) in [4.78, 5) is 25.2. The quantitative estimate of drug-likeness (QED) is 0.366. The lowest BCUT2D eigenvalue weighted by Gasteiger charge is -2.25. The predicted octanol–water partition coefficient (Wildman–Crippen LogP) is 5.94. The van der Waals surface area contributed by atoms with Crippen molar-refractivity contribution in [2.24, 2.45) is 5.92 Å². The lowest BCUT2D eigenvalue weighted by Crippen LogP contribution is -2.31. The predicted molar refractivity (Wildman–Crippen MR) is 131 cm³/mol. The fourth-order valence-corrected chi connectivity index (χ4v) is 4.32. The number of nitrogens with zero attached hydrogens (tertiary/aromatic N) is 2. The second kappa shape index (κ2) is 9.31. The van der Waals surface area contributed by atoms with E-state index in [1.165, 1.54) is 10.7 Å². The molecule has 0 radical (unpaired) electrons. The molecule has 1 aromatic heterocycles. The minimum atomic E-state index is -0.364. The molecule has 2 aliphatic rings. The van der Waals surface area contributed by atoms with Gasteiger partial charge >= 0.3 is 6.03 Å². The molecule has 5 rings (SSSR count). The van der Waals surface area contributed by atoms with Gasteiger partial charge < -0.3 is 15.7 Å². The second-order valence-electron chi connectivity index (χ2n) is 8.90. The Bertz CT molecular complexity index is 1270. The van der Waals surface area contributed by atoms with Crippen molar-refractivity contribution >= 4 is 40.8 Å². The number of amides is 2. The zero-order valence-electron chi connectivity index (χ0n) is 18.4. The van der Waals surface area contributed by atoms with Crippen molar-refractivity contribution in [1.82, 2.24) is 15.1 Å². The normalized spacial score (nSPS) is 15.6. The first-order valence-electron chi connectivity index (χ1n) is 11.4. The van der Waals surface area contributed by atoms with Gasteiger partial charge in [-0.05, 0) is 67.6 Å². The number of phenolic OH excluding ortho intramolecular Hbond substituents is 1. The minimum Gasteiger partial charge on any atom is -0.507 e. The first-order chi connectivity index (χ1) is 16.4. The molecule has 0 atom stereocenters. The van der Waals surface area contributed by atoms with Gasteiger partial charge in [0.25, 0.3) is 0 Å². The number of rotatable bonds is 6. The Labute approximate surface area is 207 Å². The van der Waals surface area contributed by atoms with Crippen LogP contribution in [0.3, 0.4) is 0 Å². The van der Waals surface area contributed by atoms with Crippen molar-refractivity contribution < 1.29 is 14.7 Å². The molecule has 2 amide bonds. The molecule has 3 aromatic rings. The molecular formula is C25H24Cl2N4O3. The topological polar surface area (TPSA) is 96.2 Å². The van der Waals surface area contributed by atoms with Gasteiger partial charge in [0.15, 0.2) is 0 Å². The number of hydrogen-bond donors (Lipinski definition) is 3. The van der Waals surface area contributed by atoms with Crippen molar-refractivity contribution in [3.8, 4) is 17.0 Å². The van der Waals surface area contributed by atoms with Crippen LogP contribution in [0.5, 0.6) is 5.75 Å². The molecule has 2 aliphatic carbocycles. The zero-order chi connectivity index (χ0) is 23.8. The van der Waals surface area contributed by atoms with E-state index in [1.54, 1.807) is 30.3 Å². The Morgan fingerprint density at radius 2 is 1.82 bits per heavy atom. The number of carbonyl (C=O) groups is 2. The zero-order valence-corrected chi connectivity index (χ0v) is 19.9. The second-order valence-corrected chi connectivity index (χ2v) is 9.71. The molecule has 0 aliphatic heterocycles. The molecule has 2 saturated carbocycles. The number of benzene rings is 2. The lowest BCUT2D eigenvalue weighted by molar-refractivity contribution is -0.117. The number of anilines is 1. The van der Waals surface area contributed by atoms with Crippen LogP contribution in [0.2, 0.25) is 10.0 Å². The lowest BCUT2D eigenvalue weighted by atomic mass is 9.82. The minimum absolute atomic E-state index is 0.0148. The summed E-state index contributed by atoms with van der Waals surface area (Å²) in [6.45, 7) is 0.267. The summed E-state index contributed by atoms with van der Waals surface area (Å²) >= 11 is 12.0. The fourth-order valence-electron chi connectivity index (χ4n) is 4.00. The van der Waals surface area contributed by atoms with Gasteiger partial charge in [-0.2, -0.15) is 9.78 Å². The maximum atomic E-state index is 13.1. The number of hydrogen-bond acceptors (Lipinski definition) is 4. The molecule has 34 heavy (non-hydrogen) atoms. The van der Waals surface area contributed by atoms with Crippen molar-refractivity contribution in [3.63, 3.8) is 0 Å². The summed E-state index contributed by atoms with van der Waals surface area (Å²) in [5.74, 6) is 0.322. The standard InChI is InChI=1S/C25H24Cl2N4O3/c26-19-8-4-14(10-20(19)27)13-28-25(34)31-22(15-2-1-3-15)12-21(30-31)18-11-17(7-9-23(18)32)29-24(33)16-5-6-16/h4,7-12,15-16,32H,1-3,5-6,13H2,(H,28,34)(H,29,33). The van der Waals surface area contributed by atoms with Crippen molar-refractivity contribution in [2.45, 2.75) is 44.6 Å². The van der Waals surface area contributed by atoms with E-state index in [1.807, 2.05) is 6.07 Å². The van der Waals surface area contributed by atoms with E-state index in [9.17, 15) is 14.7 Å². The average molecular weight is 499 g/mol. The summed E-state index contributed by atoms with van der Waals surface area (Å²) in [5.41, 5.74) is 3.15. The molecule has 176 valence electrons. The van der Waals surface area contributed by atoms with E-state index < -0.39 is 0 Å². The first kappa shape index (κ1) is 22.7. The van der Waals surface area contributed by atoms with Gasteiger partial charge in [-0.1, -0.05) is 35.7 Å². The van der Waals surface area contributed by atoms with Gasteiger partial charge in [-0.15, -0.1) is 0 Å². The van der Waals surface area contributed by atoms with E-state index >= 15 is 0 Å². The van der Waals surface area contributed by atoms with Gasteiger partial charge in [0, 0.05) is 29.6 Å². The number of halogens is 2. The van der Waals surface area contributed by atoms with E-state index in [4.69, 9.17) is 23.2 Å². The molecule has 0 spiro atoms. The van der Waals surface area contributed by atoms with Crippen LogP contribution in [-0.4, -0.2) is 26.8 Å². The van der Waals surface area contributed by atoms with Crippen molar-refractivity contribution in [3.05, 3.63) is 63.8 Å². The van der Waals surface area contributed by atoms with Crippen molar-refractivity contribution in [1.29, 1.82) is 0 Å². The molecule has 0 bridgehead atoms. The van der Waals surface area contributed by atoms with Gasteiger partial charge in [-0.3, -0.25) is 4.79 Å². The van der Waals surface area contributed by atoms with Crippen LogP contribution >= 0.6 is 23.2 Å². The average Bonchev–Trinajstić information content (AvgIpc) is 3.55. The monoisotopic (exact) mass is 498 g/mol. The van der Waals surface area contributed by atoms with Crippen LogP contribution in [-0.2, 0) is 11.3 Å². The smallest absolute Gasteiger partial charge is 0.342 e. The number of phenols is 1. The molecule has 1 heterocycles. The number of aromatic hydroxyl groups is 1. The van der Waals surface area contributed by atoms with Crippen LogP contribution in [0.1, 0.15) is 49.3 Å². The Kier molecular flexibility index (Phi) is 6.23. The summed E-state index contributed by atoms with van der Waals surface area (Å²) < 4.78 is 1.38. The van der Waals surface area contributed by atoms with Crippen LogP contribution < -0.4 is 10.6 Å². The first-order valence-corrected chi connectivity index (χ1v) is 12.1. The maximum absolute atomic E-state index is 13.1. The number of carbonyl (C=O) groups excluding carboxylic acids is 2. The highest BCUT2D eigenvalue weighted by Gasteiger charge is 2.30. The molecule has 3 N–H and O–H groups in total. The van der Waals surface area contributed by atoms with E-state index in [2.05, 4.69) is 15.7 Å². The van der Waals surface area contributed by atoms with E-state index in [-0.39, 0.29) is 36.1 Å². The maximum Gasteiger partial charge on any atom is 0.342 e. The molecule has 2 aromatic carbocycles. The molecule has 0 saturated heterocycles. The van der Waals surface area contributed by atoms with Gasteiger partial charge in [-0.25, -0.2) is 4.79 Å². The third-order valence-electron chi connectivity index (χ3n) is 6.37. The highest BCUT2D eigenvalue weighted by molar-refractivity contribution is 6.42. The molecule has 2 fully saturated rings. The third-order valence-corrected chi connectivity index (χ3v) is 7.11. The van der Waals surface area contributed by atoms with Crippen LogP contribution in [0, 0.1) is 5.92 Å². The Morgan fingerprint density at radius 1 is 1.03 bits per heavy atom. The fraction of sp³-hybridized carbons (Fsp3) is 0.320. The number of nitrogens with one attached hydrogen (secondary N) is 2. The van der Waals surface area contributed by atoms with Crippen LogP contribution in [0.4, 0.5) is 10.5 Å². The van der Waals surface area contributed by atoms with E-state index in [0.29, 0.717) is 27.0 Å². The van der Waals surface area contributed by atoms with Gasteiger partial charge in [0.1, 0.15) is 5.75 Å². The Morgan fingerprint density at radius 3 is 2.50 bits per heavy atom. The Hall–Kier alpha value is -3.03. The summed E-state index contributed by atoms with van der Waals surface area (Å²) in [5, 5.41) is 21.7. The highest BCUT2D eigenvalue weighted by Crippen LogP contribution is 2.40.